The van der Waals surface area contributed by atoms with E-state index in [2.05, 4.69) is 43.2 Å². The molecule has 0 spiro atoms. The number of aliphatic hydroxyl groups is 1. The number of rotatable bonds is 12. The third-order valence-corrected chi connectivity index (χ3v) is 7.32. The summed E-state index contributed by atoms with van der Waals surface area (Å²) in [5, 5.41) is 17.5. The molecule has 8 heteroatoms. The number of nitrogens with one attached hydrogen (secondary N) is 2. The highest BCUT2D eigenvalue weighted by Crippen LogP contribution is 2.30. The van der Waals surface area contributed by atoms with Crippen LogP contribution in [-0.2, 0) is 20.7 Å². The summed E-state index contributed by atoms with van der Waals surface area (Å²) in [6.45, 7) is 10.4. The summed E-state index contributed by atoms with van der Waals surface area (Å²) in [7, 11) is 0. The number of carbonyl (C=O) groups excluding carboxylic acids is 2. The predicted molar refractivity (Wildman–Crippen MR) is 135 cm³/mol. The number of nitrogens with zero attached hydrogens (tertiary/aromatic N) is 1. The smallest absolute Gasteiger partial charge is 0.407 e. The molecule has 4 atom stereocenters. The third kappa shape index (κ3) is 7.66. The Labute approximate surface area is 209 Å². The zero-order valence-electron chi connectivity index (χ0n) is 21.7. The van der Waals surface area contributed by atoms with Gasteiger partial charge in [-0.25, -0.2) is 4.79 Å². The fraction of sp³-hybridized carbons (Fsp3) is 0.704. The molecule has 0 saturated carbocycles. The fourth-order valence-electron chi connectivity index (χ4n) is 5.13. The first-order valence-corrected chi connectivity index (χ1v) is 13.1. The van der Waals surface area contributed by atoms with Crippen LogP contribution in [0.1, 0.15) is 58.9 Å². The normalized spacial score (nSPS) is 23.3. The van der Waals surface area contributed by atoms with E-state index >= 15 is 0 Å². The molecule has 2 aliphatic rings. The van der Waals surface area contributed by atoms with Crippen LogP contribution in [0.3, 0.4) is 0 Å². The first kappa shape index (κ1) is 27.4. The lowest BCUT2D eigenvalue weighted by atomic mass is 9.89. The highest BCUT2D eigenvalue weighted by Gasteiger charge is 2.45. The Morgan fingerprint density at radius 2 is 1.97 bits per heavy atom. The second-order valence-electron chi connectivity index (χ2n) is 10.4. The van der Waals surface area contributed by atoms with Crippen LogP contribution in [0, 0.1) is 5.92 Å². The van der Waals surface area contributed by atoms with E-state index in [0.717, 1.165) is 24.8 Å². The molecule has 1 aromatic carbocycles. The molecule has 0 radical (unpaired) electrons. The second kappa shape index (κ2) is 12.7. The number of hydrogen-bond donors (Lipinski definition) is 3. The van der Waals surface area contributed by atoms with Gasteiger partial charge >= 0.3 is 6.09 Å². The topological polar surface area (TPSA) is 100 Å². The van der Waals surface area contributed by atoms with Gasteiger partial charge in [-0.05, 0) is 37.2 Å². The summed E-state index contributed by atoms with van der Waals surface area (Å²) in [4.78, 5) is 27.8. The monoisotopic (exact) mass is 489 g/mol. The van der Waals surface area contributed by atoms with E-state index < -0.39 is 18.2 Å². The second-order valence-corrected chi connectivity index (χ2v) is 10.4. The zero-order valence-corrected chi connectivity index (χ0v) is 21.7. The molecule has 2 heterocycles. The van der Waals surface area contributed by atoms with Crippen molar-refractivity contribution >= 4 is 12.0 Å². The zero-order chi connectivity index (χ0) is 25.4. The summed E-state index contributed by atoms with van der Waals surface area (Å²) in [6.07, 6.45) is 1.90. The Hall–Kier alpha value is -2.16. The molecule has 3 rings (SSSR count). The summed E-state index contributed by atoms with van der Waals surface area (Å²) < 4.78 is 10.8. The van der Waals surface area contributed by atoms with Crippen molar-refractivity contribution in [2.75, 3.05) is 26.3 Å². The minimum Gasteiger partial charge on any atom is -0.444 e. The van der Waals surface area contributed by atoms with Gasteiger partial charge in [0.1, 0.15) is 6.10 Å². The Morgan fingerprint density at radius 1 is 1.26 bits per heavy atom. The molecule has 2 aliphatic heterocycles. The van der Waals surface area contributed by atoms with Crippen molar-refractivity contribution in [1.82, 2.24) is 15.5 Å². The highest BCUT2D eigenvalue weighted by molar-refractivity contribution is 5.85. The molecule has 2 fully saturated rings. The van der Waals surface area contributed by atoms with Crippen molar-refractivity contribution in [1.29, 1.82) is 0 Å². The largest absolute Gasteiger partial charge is 0.444 e. The molecule has 1 aromatic rings. The average molecular weight is 490 g/mol. The van der Waals surface area contributed by atoms with Gasteiger partial charge < -0.3 is 25.2 Å². The van der Waals surface area contributed by atoms with E-state index in [4.69, 9.17) is 9.47 Å². The SMILES string of the molecule is CCC1(CC)C[C@H](N(CC(C)C)C[C@@H](O)[C@H](Cc2ccccc2)NC(=O)O[C@H]2CCOC2)C(=O)N1. The van der Waals surface area contributed by atoms with Crippen molar-refractivity contribution in [3.8, 4) is 0 Å². The molecule has 2 saturated heterocycles. The number of ether oxygens (including phenoxy) is 2. The maximum Gasteiger partial charge on any atom is 0.407 e. The van der Waals surface area contributed by atoms with Gasteiger partial charge in [0.25, 0.3) is 0 Å². The van der Waals surface area contributed by atoms with Crippen LogP contribution in [0.15, 0.2) is 30.3 Å². The minimum atomic E-state index is -0.882. The fourth-order valence-corrected chi connectivity index (χ4v) is 5.13. The van der Waals surface area contributed by atoms with Crippen molar-refractivity contribution in [2.24, 2.45) is 5.92 Å². The molecule has 8 nitrogen and oxygen atoms in total. The van der Waals surface area contributed by atoms with E-state index in [9.17, 15) is 14.7 Å². The number of aliphatic hydroxyl groups excluding tert-OH is 1. The van der Waals surface area contributed by atoms with Crippen LogP contribution in [-0.4, -0.2) is 78.1 Å². The molecule has 0 bridgehead atoms. The van der Waals surface area contributed by atoms with Gasteiger partial charge in [-0.1, -0.05) is 58.0 Å². The van der Waals surface area contributed by atoms with Gasteiger partial charge in [-0.3, -0.25) is 9.69 Å². The molecule has 0 unspecified atom stereocenters. The maximum absolute atomic E-state index is 13.0. The molecule has 2 amide bonds. The highest BCUT2D eigenvalue weighted by atomic mass is 16.6. The van der Waals surface area contributed by atoms with Crippen LogP contribution in [0.5, 0.6) is 0 Å². The van der Waals surface area contributed by atoms with E-state index in [1.807, 2.05) is 30.3 Å². The predicted octanol–water partition coefficient (Wildman–Crippen LogP) is 2.88. The third-order valence-electron chi connectivity index (χ3n) is 7.32. The number of carbonyl (C=O) groups is 2. The number of alkyl carbamates (subject to hydrolysis) is 1. The Kier molecular flexibility index (Phi) is 9.95. The van der Waals surface area contributed by atoms with Crippen molar-refractivity contribution in [2.45, 2.75) is 89.6 Å². The molecule has 0 aliphatic carbocycles. The molecule has 0 aromatic heterocycles. The van der Waals surface area contributed by atoms with Gasteiger partial charge in [0.15, 0.2) is 0 Å². The number of hydrogen-bond acceptors (Lipinski definition) is 6. The van der Waals surface area contributed by atoms with Crippen LogP contribution in [0.25, 0.3) is 0 Å². The Bertz CT molecular complexity index is 808. The van der Waals surface area contributed by atoms with Crippen LogP contribution < -0.4 is 10.6 Å². The minimum absolute atomic E-state index is 0.0229. The molecular weight excluding hydrogens is 446 g/mol. The van der Waals surface area contributed by atoms with Crippen molar-refractivity contribution < 1.29 is 24.2 Å². The molecule has 3 N–H and O–H groups in total. The molecule has 35 heavy (non-hydrogen) atoms. The summed E-state index contributed by atoms with van der Waals surface area (Å²) >= 11 is 0. The number of benzene rings is 1. The van der Waals surface area contributed by atoms with E-state index in [0.29, 0.717) is 38.5 Å². The molecular formula is C27H43N3O5. The number of amides is 2. The van der Waals surface area contributed by atoms with Gasteiger partial charge in [0, 0.05) is 25.0 Å². The van der Waals surface area contributed by atoms with Crippen LogP contribution in [0.4, 0.5) is 4.79 Å². The summed E-state index contributed by atoms with van der Waals surface area (Å²) in [5.74, 6) is 0.343. The first-order chi connectivity index (χ1) is 16.7. The maximum atomic E-state index is 13.0. The lowest BCUT2D eigenvalue weighted by Crippen LogP contribution is -2.53. The van der Waals surface area contributed by atoms with Gasteiger partial charge in [0.05, 0.1) is 31.4 Å². The van der Waals surface area contributed by atoms with Crippen LogP contribution in [0.2, 0.25) is 0 Å². The van der Waals surface area contributed by atoms with Gasteiger partial charge in [-0.15, -0.1) is 0 Å². The lowest BCUT2D eigenvalue weighted by Gasteiger charge is -2.34. The Balaban J connectivity index is 1.74. The average Bonchev–Trinajstić information content (AvgIpc) is 3.46. The van der Waals surface area contributed by atoms with E-state index in [1.54, 1.807) is 0 Å². The summed E-state index contributed by atoms with van der Waals surface area (Å²) in [6, 6.07) is 8.91. The lowest BCUT2D eigenvalue weighted by molar-refractivity contribution is -0.124. The van der Waals surface area contributed by atoms with E-state index in [1.165, 1.54) is 0 Å². The van der Waals surface area contributed by atoms with Crippen LogP contribution >= 0.6 is 0 Å². The Morgan fingerprint density at radius 3 is 2.54 bits per heavy atom. The van der Waals surface area contributed by atoms with Crippen molar-refractivity contribution in [3.05, 3.63) is 35.9 Å². The van der Waals surface area contributed by atoms with Crippen molar-refractivity contribution in [3.63, 3.8) is 0 Å². The van der Waals surface area contributed by atoms with Gasteiger partial charge in [0.2, 0.25) is 5.91 Å². The standard InChI is InChI=1S/C27H43N3O5/c1-5-27(6-2)15-23(25(32)29-27)30(16-19(3)4)17-24(31)22(14-20-10-8-7-9-11-20)28-26(33)35-21-12-13-34-18-21/h7-11,19,21-24,31H,5-6,12-18H2,1-4H3,(H,28,33)(H,29,32)/t21-,22-,23-,24+/m0/s1. The van der Waals surface area contributed by atoms with E-state index in [-0.39, 0.29) is 30.1 Å². The quantitative estimate of drug-likeness (QED) is 0.418. The van der Waals surface area contributed by atoms with Gasteiger partial charge in [-0.2, -0.15) is 0 Å². The summed E-state index contributed by atoms with van der Waals surface area (Å²) in [5.41, 5.74) is 0.808. The molecule has 196 valence electrons. The first-order valence-electron chi connectivity index (χ1n) is 13.1.